The van der Waals surface area contributed by atoms with Crippen LogP contribution in [0.4, 0.5) is 0 Å². The van der Waals surface area contributed by atoms with E-state index >= 15 is 0 Å². The van der Waals surface area contributed by atoms with Gasteiger partial charge in [0, 0.05) is 11.6 Å². The number of carbonyl (C=O) groups excluding carboxylic acids is 2. The molecule has 2 aromatic carbocycles. The molecule has 2 fully saturated rings. The molecule has 1 aliphatic heterocycles. The molecule has 1 unspecified atom stereocenters. The van der Waals surface area contributed by atoms with Crippen LogP contribution in [0.1, 0.15) is 54.0 Å². The van der Waals surface area contributed by atoms with Crippen molar-refractivity contribution < 1.29 is 24.2 Å². The number of aryl methyl sites for hydroxylation is 2. The quantitative estimate of drug-likeness (QED) is 0.419. The summed E-state index contributed by atoms with van der Waals surface area (Å²) in [5.74, 6) is -0.263. The number of carbonyl (C=O) groups is 2. The summed E-state index contributed by atoms with van der Waals surface area (Å²) in [6.45, 7) is 3.81. The first kappa shape index (κ1) is 21.9. The number of ether oxygens (including phenoxy) is 2. The highest BCUT2D eigenvalue weighted by atomic mass is 16.5. The maximum Gasteiger partial charge on any atom is 0.295 e. The Labute approximate surface area is 188 Å². The molecule has 0 spiro atoms. The predicted molar refractivity (Wildman–Crippen MR) is 122 cm³/mol. The molecule has 1 N–H and O–H groups in total. The lowest BCUT2D eigenvalue weighted by Gasteiger charge is -2.31. The van der Waals surface area contributed by atoms with E-state index < -0.39 is 17.7 Å². The molecule has 1 aliphatic carbocycles. The summed E-state index contributed by atoms with van der Waals surface area (Å²) in [6.07, 6.45) is 3.73. The molecule has 32 heavy (non-hydrogen) atoms. The first-order chi connectivity index (χ1) is 15.4. The zero-order valence-corrected chi connectivity index (χ0v) is 19.0. The van der Waals surface area contributed by atoms with E-state index in [2.05, 4.69) is 0 Å². The topological polar surface area (TPSA) is 76.1 Å². The van der Waals surface area contributed by atoms with Gasteiger partial charge in [0.1, 0.15) is 5.76 Å². The van der Waals surface area contributed by atoms with E-state index in [0.717, 1.165) is 36.8 Å². The molecule has 0 aromatic heterocycles. The van der Waals surface area contributed by atoms with Gasteiger partial charge in [-0.2, -0.15) is 0 Å². The fraction of sp³-hybridized carbons (Fsp3) is 0.385. The molecule has 1 amide bonds. The second-order valence-electron chi connectivity index (χ2n) is 8.58. The van der Waals surface area contributed by atoms with Gasteiger partial charge in [0.25, 0.3) is 11.7 Å². The predicted octanol–water partition coefficient (Wildman–Crippen LogP) is 4.68. The number of rotatable bonds is 5. The van der Waals surface area contributed by atoms with E-state index in [4.69, 9.17) is 9.47 Å². The van der Waals surface area contributed by atoms with Gasteiger partial charge in [0.2, 0.25) is 0 Å². The number of hydrogen-bond donors (Lipinski definition) is 1. The number of benzene rings is 2. The highest BCUT2D eigenvalue weighted by molar-refractivity contribution is 6.46. The number of hydrogen-bond acceptors (Lipinski definition) is 5. The molecule has 168 valence electrons. The second-order valence-corrected chi connectivity index (χ2v) is 8.58. The van der Waals surface area contributed by atoms with Gasteiger partial charge in [0.05, 0.1) is 25.8 Å². The minimum absolute atomic E-state index is 0.0338. The summed E-state index contributed by atoms with van der Waals surface area (Å²) in [5, 5.41) is 11.4. The number of aliphatic hydroxyl groups excluding tert-OH is 1. The van der Waals surface area contributed by atoms with Crippen LogP contribution >= 0.6 is 0 Å². The van der Waals surface area contributed by atoms with Crippen molar-refractivity contribution in [1.29, 1.82) is 0 Å². The number of aliphatic hydroxyl groups is 1. The summed E-state index contributed by atoms with van der Waals surface area (Å²) in [5.41, 5.74) is 3.21. The SMILES string of the molecule is COc1ccc(C2/C(=C(\O)c3cc(C)ccc3C)C(=O)C(=O)N2C2CCCC2)cc1OC. The Balaban J connectivity index is 1.94. The summed E-state index contributed by atoms with van der Waals surface area (Å²) >= 11 is 0. The van der Waals surface area contributed by atoms with Crippen molar-refractivity contribution in [3.8, 4) is 11.5 Å². The average molecular weight is 436 g/mol. The number of likely N-dealkylation sites (tertiary alicyclic amines) is 1. The first-order valence-corrected chi connectivity index (χ1v) is 11.0. The molecule has 2 aliphatic rings. The number of ketones is 1. The lowest BCUT2D eigenvalue weighted by molar-refractivity contribution is -0.141. The normalized spacial score (nSPS) is 20.8. The van der Waals surface area contributed by atoms with Crippen molar-refractivity contribution >= 4 is 17.4 Å². The smallest absolute Gasteiger partial charge is 0.295 e. The number of nitrogens with zero attached hydrogens (tertiary/aromatic N) is 1. The van der Waals surface area contributed by atoms with E-state index in [0.29, 0.717) is 22.6 Å². The molecule has 1 heterocycles. The van der Waals surface area contributed by atoms with E-state index in [1.807, 2.05) is 38.1 Å². The minimum Gasteiger partial charge on any atom is -0.507 e. The van der Waals surface area contributed by atoms with E-state index in [9.17, 15) is 14.7 Å². The zero-order chi connectivity index (χ0) is 23.0. The van der Waals surface area contributed by atoms with Gasteiger partial charge < -0.3 is 19.5 Å². The number of Topliss-reactive ketones (excluding diaryl/α,β-unsaturated/α-hetero) is 1. The van der Waals surface area contributed by atoms with Gasteiger partial charge in [-0.05, 0) is 56.0 Å². The Kier molecular flexibility index (Phi) is 5.96. The Morgan fingerprint density at radius 2 is 1.66 bits per heavy atom. The molecule has 1 saturated carbocycles. The zero-order valence-electron chi connectivity index (χ0n) is 19.0. The Hall–Kier alpha value is -3.28. The van der Waals surface area contributed by atoms with Gasteiger partial charge in [-0.3, -0.25) is 9.59 Å². The lowest BCUT2D eigenvalue weighted by atomic mass is 9.92. The summed E-state index contributed by atoms with van der Waals surface area (Å²) in [6, 6.07) is 10.4. The molecule has 0 bridgehead atoms. The summed E-state index contributed by atoms with van der Waals surface area (Å²) in [7, 11) is 3.11. The largest absolute Gasteiger partial charge is 0.507 e. The molecular formula is C26H29NO5. The van der Waals surface area contributed by atoms with Gasteiger partial charge >= 0.3 is 0 Å². The molecule has 0 radical (unpaired) electrons. The lowest BCUT2D eigenvalue weighted by Crippen LogP contribution is -2.37. The van der Waals surface area contributed by atoms with Crippen LogP contribution in [0.15, 0.2) is 42.0 Å². The Morgan fingerprint density at radius 3 is 2.31 bits per heavy atom. The van der Waals surface area contributed by atoms with Crippen molar-refractivity contribution in [3.63, 3.8) is 0 Å². The third-order valence-electron chi connectivity index (χ3n) is 6.57. The highest BCUT2D eigenvalue weighted by Gasteiger charge is 2.49. The maximum atomic E-state index is 13.3. The molecule has 1 saturated heterocycles. The molecule has 6 heteroatoms. The van der Waals surface area contributed by atoms with Crippen LogP contribution < -0.4 is 9.47 Å². The van der Waals surface area contributed by atoms with Crippen LogP contribution in [0.5, 0.6) is 11.5 Å². The third kappa shape index (κ3) is 3.64. The van der Waals surface area contributed by atoms with Crippen molar-refractivity contribution in [2.75, 3.05) is 14.2 Å². The van der Waals surface area contributed by atoms with Crippen molar-refractivity contribution in [2.45, 2.75) is 51.6 Å². The monoisotopic (exact) mass is 435 g/mol. The molecular weight excluding hydrogens is 406 g/mol. The van der Waals surface area contributed by atoms with Crippen LogP contribution in [0.25, 0.3) is 5.76 Å². The van der Waals surface area contributed by atoms with Gasteiger partial charge in [-0.15, -0.1) is 0 Å². The van der Waals surface area contributed by atoms with Gasteiger partial charge in [-0.1, -0.05) is 36.6 Å². The standard InChI is InChI=1S/C26H29NO5/c1-15-9-10-16(2)19(13-15)24(28)22-23(17-11-12-20(31-3)21(14-17)32-4)27(26(30)25(22)29)18-7-5-6-8-18/h9-14,18,23,28H,5-8H2,1-4H3/b24-22+. The third-order valence-corrected chi connectivity index (χ3v) is 6.57. The van der Waals surface area contributed by atoms with Crippen LogP contribution in [-0.2, 0) is 9.59 Å². The fourth-order valence-corrected chi connectivity index (χ4v) is 4.90. The van der Waals surface area contributed by atoms with Crippen molar-refractivity contribution in [3.05, 3.63) is 64.2 Å². The summed E-state index contributed by atoms with van der Waals surface area (Å²) < 4.78 is 10.8. The van der Waals surface area contributed by atoms with Crippen LogP contribution in [-0.4, -0.2) is 42.0 Å². The number of amides is 1. The highest BCUT2D eigenvalue weighted by Crippen LogP contribution is 2.45. The molecule has 2 aromatic rings. The van der Waals surface area contributed by atoms with Crippen molar-refractivity contribution in [2.24, 2.45) is 0 Å². The molecule has 4 rings (SSSR count). The molecule has 1 atom stereocenters. The summed E-state index contributed by atoms with van der Waals surface area (Å²) in [4.78, 5) is 28.2. The first-order valence-electron chi connectivity index (χ1n) is 11.0. The Morgan fingerprint density at radius 1 is 0.969 bits per heavy atom. The van der Waals surface area contributed by atoms with Crippen molar-refractivity contribution in [1.82, 2.24) is 4.90 Å². The van der Waals surface area contributed by atoms with E-state index in [-0.39, 0.29) is 17.4 Å². The van der Waals surface area contributed by atoms with E-state index in [1.54, 1.807) is 31.3 Å². The minimum atomic E-state index is -0.683. The van der Waals surface area contributed by atoms with E-state index in [1.165, 1.54) is 0 Å². The number of methoxy groups -OCH3 is 2. The van der Waals surface area contributed by atoms with Gasteiger partial charge in [0.15, 0.2) is 11.5 Å². The fourth-order valence-electron chi connectivity index (χ4n) is 4.90. The van der Waals surface area contributed by atoms with Crippen LogP contribution in [0.3, 0.4) is 0 Å². The second kappa shape index (κ2) is 8.69. The van der Waals surface area contributed by atoms with Crippen LogP contribution in [0.2, 0.25) is 0 Å². The molecule has 6 nitrogen and oxygen atoms in total. The van der Waals surface area contributed by atoms with Crippen LogP contribution in [0, 0.1) is 13.8 Å². The van der Waals surface area contributed by atoms with Gasteiger partial charge in [-0.25, -0.2) is 0 Å². The Bertz CT molecular complexity index is 1100. The maximum absolute atomic E-state index is 13.3. The average Bonchev–Trinajstić information content (AvgIpc) is 3.41.